The van der Waals surface area contributed by atoms with Gasteiger partial charge in [-0.2, -0.15) is 0 Å². The standard InChI is InChI=1S/C23H30N4O3.ClH/c1-24-22(29)20-13-19(16-27(23(20)30)15-18-7-3-2-4-8-18)21(28)26-12-6-10-17-9-5-11-25-14-17;/h2-4,7-8,13,16-17,25H,5-6,9-12,14-15H2,1H3,(H,24,29)(H,26,28);1H. The summed E-state index contributed by atoms with van der Waals surface area (Å²) in [7, 11) is 1.47. The highest BCUT2D eigenvalue weighted by Crippen LogP contribution is 2.15. The highest BCUT2D eigenvalue weighted by Gasteiger charge is 2.17. The summed E-state index contributed by atoms with van der Waals surface area (Å²) in [5.74, 6) is -0.103. The van der Waals surface area contributed by atoms with Gasteiger partial charge in [0.2, 0.25) is 0 Å². The third-order valence-electron chi connectivity index (χ3n) is 5.49. The molecular weight excluding hydrogens is 416 g/mol. The molecule has 2 heterocycles. The normalized spacial score (nSPS) is 15.6. The number of benzene rings is 1. The first kappa shape index (κ1) is 24.6. The highest BCUT2D eigenvalue weighted by molar-refractivity contribution is 5.99. The lowest BCUT2D eigenvalue weighted by Crippen LogP contribution is -2.34. The average Bonchev–Trinajstić information content (AvgIpc) is 2.78. The molecule has 3 N–H and O–H groups in total. The van der Waals surface area contributed by atoms with Gasteiger partial charge in [0.15, 0.2) is 0 Å². The molecule has 0 spiro atoms. The molecule has 0 radical (unpaired) electrons. The van der Waals surface area contributed by atoms with Crippen LogP contribution >= 0.6 is 12.4 Å². The minimum Gasteiger partial charge on any atom is -0.355 e. The number of rotatable bonds is 8. The fourth-order valence-electron chi connectivity index (χ4n) is 3.82. The summed E-state index contributed by atoms with van der Waals surface area (Å²) in [4.78, 5) is 37.6. The van der Waals surface area contributed by atoms with Gasteiger partial charge in [-0.25, -0.2) is 0 Å². The smallest absolute Gasteiger partial charge is 0.263 e. The van der Waals surface area contributed by atoms with E-state index in [1.165, 1.54) is 36.7 Å². The van der Waals surface area contributed by atoms with Crippen LogP contribution in [-0.4, -0.2) is 43.1 Å². The molecule has 8 heteroatoms. The van der Waals surface area contributed by atoms with E-state index in [1.807, 2.05) is 30.3 Å². The lowest BCUT2D eigenvalue weighted by atomic mass is 9.95. The van der Waals surface area contributed by atoms with Crippen molar-refractivity contribution in [3.8, 4) is 0 Å². The third-order valence-corrected chi connectivity index (χ3v) is 5.49. The monoisotopic (exact) mass is 446 g/mol. The van der Waals surface area contributed by atoms with Crippen molar-refractivity contribution in [1.29, 1.82) is 0 Å². The Labute approximate surface area is 189 Å². The first-order chi connectivity index (χ1) is 14.6. The molecule has 7 nitrogen and oxygen atoms in total. The molecule has 1 aliphatic heterocycles. The van der Waals surface area contributed by atoms with E-state index in [1.54, 1.807) is 0 Å². The van der Waals surface area contributed by atoms with E-state index in [0.29, 0.717) is 24.6 Å². The van der Waals surface area contributed by atoms with Crippen LogP contribution in [0.3, 0.4) is 0 Å². The number of carbonyl (C=O) groups is 2. The van der Waals surface area contributed by atoms with E-state index in [0.717, 1.165) is 31.5 Å². The second kappa shape index (κ2) is 12.3. The maximum Gasteiger partial charge on any atom is 0.263 e. The number of nitrogens with one attached hydrogen (secondary N) is 3. The minimum absolute atomic E-state index is 0. The Morgan fingerprint density at radius 2 is 1.97 bits per heavy atom. The quantitative estimate of drug-likeness (QED) is 0.542. The number of amides is 2. The van der Waals surface area contributed by atoms with Crippen LogP contribution in [0.15, 0.2) is 47.4 Å². The summed E-state index contributed by atoms with van der Waals surface area (Å²) in [6.07, 6.45) is 5.96. The summed E-state index contributed by atoms with van der Waals surface area (Å²) in [5.41, 5.74) is 0.776. The van der Waals surface area contributed by atoms with Crippen molar-refractivity contribution in [1.82, 2.24) is 20.5 Å². The highest BCUT2D eigenvalue weighted by atomic mass is 35.5. The molecule has 2 amide bonds. The van der Waals surface area contributed by atoms with E-state index in [2.05, 4.69) is 16.0 Å². The molecule has 31 heavy (non-hydrogen) atoms. The van der Waals surface area contributed by atoms with Crippen molar-refractivity contribution in [3.05, 3.63) is 69.6 Å². The number of hydrogen-bond donors (Lipinski definition) is 3. The number of hydrogen-bond acceptors (Lipinski definition) is 4. The first-order valence-electron chi connectivity index (χ1n) is 10.6. The fourth-order valence-corrected chi connectivity index (χ4v) is 3.82. The van der Waals surface area contributed by atoms with Crippen molar-refractivity contribution in [2.45, 2.75) is 32.2 Å². The zero-order chi connectivity index (χ0) is 21.3. The van der Waals surface area contributed by atoms with Gasteiger partial charge in [0.25, 0.3) is 17.4 Å². The second-order valence-electron chi connectivity index (χ2n) is 7.75. The van der Waals surface area contributed by atoms with E-state index in [-0.39, 0.29) is 23.9 Å². The van der Waals surface area contributed by atoms with E-state index in [9.17, 15) is 14.4 Å². The summed E-state index contributed by atoms with van der Waals surface area (Å²) >= 11 is 0. The van der Waals surface area contributed by atoms with Crippen LogP contribution in [0.2, 0.25) is 0 Å². The summed E-state index contributed by atoms with van der Waals surface area (Å²) < 4.78 is 1.42. The number of carbonyl (C=O) groups excluding carboxylic acids is 2. The first-order valence-corrected chi connectivity index (χ1v) is 10.6. The molecule has 1 fully saturated rings. The van der Waals surface area contributed by atoms with Gasteiger partial charge in [-0.3, -0.25) is 14.4 Å². The molecule has 0 saturated carbocycles. The molecule has 1 aromatic heterocycles. The number of aromatic nitrogens is 1. The molecule has 0 bridgehead atoms. The van der Waals surface area contributed by atoms with Crippen molar-refractivity contribution < 1.29 is 9.59 Å². The Morgan fingerprint density at radius 1 is 1.19 bits per heavy atom. The van der Waals surface area contributed by atoms with Gasteiger partial charge in [0.05, 0.1) is 12.1 Å². The van der Waals surface area contributed by atoms with Crippen LogP contribution in [0, 0.1) is 5.92 Å². The van der Waals surface area contributed by atoms with Crippen molar-refractivity contribution in [3.63, 3.8) is 0 Å². The predicted octanol–water partition coefficient (Wildman–Crippen LogP) is 2.19. The minimum atomic E-state index is -0.499. The van der Waals surface area contributed by atoms with Crippen LogP contribution in [0.4, 0.5) is 0 Å². The second-order valence-corrected chi connectivity index (χ2v) is 7.75. The Kier molecular flexibility index (Phi) is 9.75. The Hall–Kier alpha value is -2.64. The van der Waals surface area contributed by atoms with Crippen LogP contribution in [0.25, 0.3) is 0 Å². The zero-order valence-electron chi connectivity index (χ0n) is 17.9. The van der Waals surface area contributed by atoms with Gasteiger partial charge in [0, 0.05) is 19.8 Å². The molecule has 1 aromatic carbocycles. The maximum atomic E-state index is 12.7. The zero-order valence-corrected chi connectivity index (χ0v) is 18.7. The lowest BCUT2D eigenvalue weighted by molar-refractivity contribution is 0.0951. The average molecular weight is 447 g/mol. The van der Waals surface area contributed by atoms with Crippen molar-refractivity contribution in [2.24, 2.45) is 5.92 Å². The molecular formula is C23H31ClN4O3. The van der Waals surface area contributed by atoms with Gasteiger partial charge < -0.3 is 20.5 Å². The van der Waals surface area contributed by atoms with E-state index in [4.69, 9.17) is 0 Å². The predicted molar refractivity (Wildman–Crippen MR) is 124 cm³/mol. The number of nitrogens with zero attached hydrogens (tertiary/aromatic N) is 1. The lowest BCUT2D eigenvalue weighted by Gasteiger charge is -2.22. The van der Waals surface area contributed by atoms with Gasteiger partial charge >= 0.3 is 0 Å². The van der Waals surface area contributed by atoms with Gasteiger partial charge in [-0.05, 0) is 56.3 Å². The van der Waals surface area contributed by atoms with Crippen LogP contribution < -0.4 is 21.5 Å². The number of halogens is 1. The van der Waals surface area contributed by atoms with E-state index >= 15 is 0 Å². The fraction of sp³-hybridized carbons (Fsp3) is 0.435. The topological polar surface area (TPSA) is 92.2 Å². The van der Waals surface area contributed by atoms with Gasteiger partial charge in [-0.1, -0.05) is 30.3 Å². The molecule has 1 aliphatic rings. The van der Waals surface area contributed by atoms with E-state index < -0.39 is 11.5 Å². The molecule has 2 aromatic rings. The Morgan fingerprint density at radius 3 is 2.65 bits per heavy atom. The molecule has 168 valence electrons. The Balaban J connectivity index is 0.00000341. The van der Waals surface area contributed by atoms with Gasteiger partial charge in [0.1, 0.15) is 5.56 Å². The summed E-state index contributed by atoms with van der Waals surface area (Å²) in [6, 6.07) is 10.9. The Bertz CT molecular complexity index is 924. The SMILES string of the molecule is CNC(=O)c1cc(C(=O)NCCCC2CCCNC2)cn(Cc2ccccc2)c1=O.Cl. The van der Waals surface area contributed by atoms with Crippen molar-refractivity contribution >= 4 is 24.2 Å². The van der Waals surface area contributed by atoms with Crippen LogP contribution in [0.5, 0.6) is 0 Å². The maximum absolute atomic E-state index is 12.7. The number of pyridine rings is 1. The third kappa shape index (κ3) is 6.94. The molecule has 3 rings (SSSR count). The largest absolute Gasteiger partial charge is 0.355 e. The number of piperidine rings is 1. The molecule has 1 unspecified atom stereocenters. The molecule has 1 atom stereocenters. The summed E-state index contributed by atoms with van der Waals surface area (Å²) in [6.45, 7) is 3.01. The van der Waals surface area contributed by atoms with Crippen molar-refractivity contribution in [2.75, 3.05) is 26.7 Å². The summed E-state index contributed by atoms with van der Waals surface area (Å²) in [5, 5.41) is 8.81. The van der Waals surface area contributed by atoms with Gasteiger partial charge in [-0.15, -0.1) is 12.4 Å². The molecule has 1 saturated heterocycles. The molecule has 0 aliphatic carbocycles. The van der Waals surface area contributed by atoms with Crippen LogP contribution in [-0.2, 0) is 6.54 Å². The van der Waals surface area contributed by atoms with Crippen LogP contribution in [0.1, 0.15) is 52.0 Å².